The number of hydrogen-bond acceptors (Lipinski definition) is 4. The van der Waals surface area contributed by atoms with Crippen molar-refractivity contribution in [1.82, 2.24) is 0 Å². The van der Waals surface area contributed by atoms with E-state index in [-0.39, 0.29) is 0 Å². The minimum absolute atomic E-state index is 0.679. The van der Waals surface area contributed by atoms with E-state index in [1.165, 1.54) is 0 Å². The van der Waals surface area contributed by atoms with Crippen LogP contribution < -0.4 is 5.73 Å². The molecule has 76 valence electrons. The Balaban J connectivity index is 2.37. The summed E-state index contributed by atoms with van der Waals surface area (Å²) in [7, 11) is 0. The van der Waals surface area contributed by atoms with Crippen molar-refractivity contribution in [3.63, 3.8) is 0 Å². The predicted octanol–water partition coefficient (Wildman–Crippen LogP) is 2.31. The van der Waals surface area contributed by atoms with E-state index in [1.807, 2.05) is 13.0 Å². The van der Waals surface area contributed by atoms with Crippen molar-refractivity contribution < 1.29 is 4.42 Å². The average Bonchev–Trinajstić information content (AvgIpc) is 2.52. The summed E-state index contributed by atoms with van der Waals surface area (Å²) in [5, 5.41) is 8.70. The first-order valence-corrected chi connectivity index (χ1v) is 5.41. The lowest BCUT2D eigenvalue weighted by Crippen LogP contribution is -2.34. The molecule has 0 aromatic carbocycles. The number of nitrogens with zero attached hydrogens (tertiary/aromatic N) is 1. The van der Waals surface area contributed by atoms with Crippen LogP contribution in [0, 0.1) is 18.3 Å². The highest BCUT2D eigenvalue weighted by Crippen LogP contribution is 2.24. The second-order valence-corrected chi connectivity index (χ2v) is 4.61. The Morgan fingerprint density at radius 3 is 2.93 bits per heavy atom. The largest absolute Gasteiger partial charge is 0.468 e. The van der Waals surface area contributed by atoms with Crippen molar-refractivity contribution in [2.24, 2.45) is 5.73 Å². The monoisotopic (exact) mass is 210 g/mol. The first-order valence-electron chi connectivity index (χ1n) is 4.42. The number of rotatable bonds is 4. The molecular weight excluding hydrogens is 196 g/mol. The van der Waals surface area contributed by atoms with E-state index in [9.17, 15) is 0 Å². The molecule has 0 saturated carbocycles. The standard InChI is InChI=1S/C10H14N2OS/c1-8-9(3-5-13-8)14-6-4-10(2,12)7-11/h3,5H,4,6,12H2,1-2H3. The third-order valence-electron chi connectivity index (χ3n) is 1.95. The molecule has 0 radical (unpaired) electrons. The van der Waals surface area contributed by atoms with E-state index in [4.69, 9.17) is 15.4 Å². The molecule has 3 nitrogen and oxygen atoms in total. The molecule has 0 aliphatic heterocycles. The van der Waals surface area contributed by atoms with E-state index >= 15 is 0 Å². The van der Waals surface area contributed by atoms with E-state index < -0.39 is 5.54 Å². The SMILES string of the molecule is Cc1occc1SCCC(C)(N)C#N. The molecule has 4 heteroatoms. The lowest BCUT2D eigenvalue weighted by Gasteiger charge is -2.13. The Morgan fingerprint density at radius 2 is 2.43 bits per heavy atom. The minimum Gasteiger partial charge on any atom is -0.468 e. The van der Waals surface area contributed by atoms with E-state index in [2.05, 4.69) is 6.07 Å². The second-order valence-electron chi connectivity index (χ2n) is 3.47. The summed E-state index contributed by atoms with van der Waals surface area (Å²) in [6, 6.07) is 4.01. The van der Waals surface area contributed by atoms with Crippen LogP contribution >= 0.6 is 11.8 Å². The minimum atomic E-state index is -0.718. The predicted molar refractivity (Wildman–Crippen MR) is 57.0 cm³/mol. The molecule has 1 heterocycles. The molecule has 0 amide bonds. The maximum Gasteiger partial charge on any atom is 0.114 e. The molecule has 0 aliphatic carbocycles. The maximum atomic E-state index is 8.70. The zero-order chi connectivity index (χ0) is 10.6. The molecule has 0 bridgehead atoms. The molecule has 1 unspecified atom stereocenters. The molecule has 14 heavy (non-hydrogen) atoms. The molecule has 1 aromatic heterocycles. The highest BCUT2D eigenvalue weighted by atomic mass is 32.2. The van der Waals surface area contributed by atoms with Gasteiger partial charge in [0.1, 0.15) is 11.3 Å². The van der Waals surface area contributed by atoms with Gasteiger partial charge in [0.15, 0.2) is 0 Å². The van der Waals surface area contributed by atoms with Gasteiger partial charge in [-0.2, -0.15) is 5.26 Å². The van der Waals surface area contributed by atoms with Gasteiger partial charge in [-0.15, -0.1) is 11.8 Å². The number of furan rings is 1. The van der Waals surface area contributed by atoms with Gasteiger partial charge in [0, 0.05) is 10.6 Å². The Morgan fingerprint density at radius 1 is 1.71 bits per heavy atom. The van der Waals surface area contributed by atoms with Crippen LogP contribution in [0.1, 0.15) is 19.1 Å². The van der Waals surface area contributed by atoms with E-state index in [0.717, 1.165) is 16.4 Å². The number of nitrogens with two attached hydrogens (primary N) is 1. The molecule has 0 spiro atoms. The van der Waals surface area contributed by atoms with Crippen LogP contribution in [0.15, 0.2) is 21.6 Å². The molecule has 1 rings (SSSR count). The van der Waals surface area contributed by atoms with Gasteiger partial charge in [0.2, 0.25) is 0 Å². The maximum absolute atomic E-state index is 8.70. The topological polar surface area (TPSA) is 62.9 Å². The highest BCUT2D eigenvalue weighted by Gasteiger charge is 2.16. The summed E-state index contributed by atoms with van der Waals surface area (Å²) in [5.41, 5.74) is 4.98. The lowest BCUT2D eigenvalue weighted by atomic mass is 10.0. The number of thioether (sulfide) groups is 1. The van der Waals surface area contributed by atoms with Crippen LogP contribution in [0.2, 0.25) is 0 Å². The number of nitriles is 1. The first-order chi connectivity index (χ1) is 6.55. The summed E-state index contributed by atoms with van der Waals surface area (Å²) in [6.45, 7) is 3.67. The quantitative estimate of drug-likeness (QED) is 0.774. The van der Waals surface area contributed by atoms with Gasteiger partial charge in [-0.05, 0) is 26.3 Å². The van der Waals surface area contributed by atoms with Crippen molar-refractivity contribution in [3.05, 3.63) is 18.1 Å². The van der Waals surface area contributed by atoms with Crippen LogP contribution in [0.5, 0.6) is 0 Å². The van der Waals surface area contributed by atoms with Crippen LogP contribution in [0.25, 0.3) is 0 Å². The zero-order valence-electron chi connectivity index (χ0n) is 8.41. The van der Waals surface area contributed by atoms with Gasteiger partial charge in [0.05, 0.1) is 12.3 Å². The molecular formula is C10H14N2OS. The summed E-state index contributed by atoms with van der Waals surface area (Å²) in [6.07, 6.45) is 2.35. The van der Waals surface area contributed by atoms with Crippen molar-refractivity contribution in [1.29, 1.82) is 5.26 Å². The Bertz CT molecular complexity index is 338. The molecule has 0 saturated heterocycles. The second kappa shape index (κ2) is 4.54. The molecule has 0 aliphatic rings. The van der Waals surface area contributed by atoms with Gasteiger partial charge in [-0.25, -0.2) is 0 Å². The molecule has 1 atom stereocenters. The fourth-order valence-corrected chi connectivity index (χ4v) is 2.10. The Kier molecular flexibility index (Phi) is 3.62. The normalized spacial score (nSPS) is 14.7. The van der Waals surface area contributed by atoms with Crippen molar-refractivity contribution in [2.45, 2.75) is 30.7 Å². The summed E-state index contributed by atoms with van der Waals surface area (Å²) >= 11 is 1.67. The molecule has 0 fully saturated rings. The van der Waals surface area contributed by atoms with Gasteiger partial charge in [0.25, 0.3) is 0 Å². The Hall–Kier alpha value is -0.920. The molecule has 2 N–H and O–H groups in total. The summed E-state index contributed by atoms with van der Waals surface area (Å²) in [5.74, 6) is 1.76. The zero-order valence-corrected chi connectivity index (χ0v) is 9.23. The van der Waals surface area contributed by atoms with Crippen molar-refractivity contribution in [3.8, 4) is 6.07 Å². The fourth-order valence-electron chi connectivity index (χ4n) is 0.952. The van der Waals surface area contributed by atoms with Crippen LogP contribution in [-0.4, -0.2) is 11.3 Å². The van der Waals surface area contributed by atoms with Gasteiger partial charge < -0.3 is 10.2 Å². The smallest absolute Gasteiger partial charge is 0.114 e. The highest BCUT2D eigenvalue weighted by molar-refractivity contribution is 7.99. The first kappa shape index (κ1) is 11.2. The van der Waals surface area contributed by atoms with Gasteiger partial charge in [-0.3, -0.25) is 0 Å². The lowest BCUT2D eigenvalue weighted by molar-refractivity contribution is 0.526. The van der Waals surface area contributed by atoms with Gasteiger partial charge >= 0.3 is 0 Å². The Labute approximate surface area is 88.3 Å². The van der Waals surface area contributed by atoms with Gasteiger partial charge in [-0.1, -0.05) is 0 Å². The van der Waals surface area contributed by atoms with Crippen molar-refractivity contribution in [2.75, 3.05) is 5.75 Å². The number of hydrogen-bond donors (Lipinski definition) is 1. The molecule has 1 aromatic rings. The van der Waals surface area contributed by atoms with Crippen LogP contribution in [0.3, 0.4) is 0 Å². The fraction of sp³-hybridized carbons (Fsp3) is 0.500. The summed E-state index contributed by atoms with van der Waals surface area (Å²) in [4.78, 5) is 1.12. The van der Waals surface area contributed by atoms with E-state index in [1.54, 1.807) is 24.9 Å². The number of aryl methyl sites for hydroxylation is 1. The van der Waals surface area contributed by atoms with E-state index in [0.29, 0.717) is 6.42 Å². The van der Waals surface area contributed by atoms with Crippen molar-refractivity contribution >= 4 is 11.8 Å². The third-order valence-corrected chi connectivity index (χ3v) is 3.09. The van der Waals surface area contributed by atoms with Crippen LogP contribution in [0.4, 0.5) is 0 Å². The average molecular weight is 210 g/mol. The summed E-state index contributed by atoms with van der Waals surface area (Å²) < 4.78 is 5.16. The third kappa shape index (κ3) is 3.09. The van der Waals surface area contributed by atoms with Crippen LogP contribution in [-0.2, 0) is 0 Å².